The van der Waals surface area contributed by atoms with Crippen LogP contribution in [-0.2, 0) is 0 Å². The number of benzene rings is 2. The zero-order valence-corrected chi connectivity index (χ0v) is 22.3. The van der Waals surface area contributed by atoms with Crippen molar-refractivity contribution in [2.45, 2.75) is 45.4 Å². The molecule has 0 aliphatic carbocycles. The number of para-hydroxylation sites is 1. The van der Waals surface area contributed by atoms with Gasteiger partial charge in [0.2, 0.25) is 5.95 Å². The second-order valence-electron chi connectivity index (χ2n) is 9.93. The zero-order chi connectivity index (χ0) is 26.0. The summed E-state index contributed by atoms with van der Waals surface area (Å²) in [5, 5.41) is 4.52. The molecule has 1 N–H and O–H groups in total. The molecular formula is C30H38N6O2. The summed E-state index contributed by atoms with van der Waals surface area (Å²) in [6.07, 6.45) is 9.12. The van der Waals surface area contributed by atoms with E-state index in [1.807, 2.05) is 48.5 Å². The number of piperidine rings is 2. The standard InChI is InChI=1S/C30H38N6O2/c1-24-11-10-13-26(21-24)37-19-20-38-27-14-5-4-12-25(27)23-31-34-28-22-29(35-15-6-2-7-16-35)33-30(32-28)36-17-8-3-9-18-36/h4-5,10-14,21-23H,2-3,6-9,15-20H2,1H3,(H,32,33,34)/b31-23+. The van der Waals surface area contributed by atoms with Gasteiger partial charge in [-0.1, -0.05) is 24.3 Å². The molecule has 0 bridgehead atoms. The van der Waals surface area contributed by atoms with Crippen molar-refractivity contribution in [1.29, 1.82) is 0 Å². The highest BCUT2D eigenvalue weighted by Crippen LogP contribution is 2.25. The quantitative estimate of drug-likeness (QED) is 0.212. The SMILES string of the molecule is Cc1cccc(OCCOc2ccccc2/C=N/Nc2cc(N3CCCCC3)nc(N3CCCCC3)n2)c1. The summed E-state index contributed by atoms with van der Waals surface area (Å²) >= 11 is 0. The highest BCUT2D eigenvalue weighted by molar-refractivity contribution is 5.84. The fraction of sp³-hybridized carbons (Fsp3) is 0.433. The molecule has 0 amide bonds. The van der Waals surface area contributed by atoms with Crippen LogP contribution in [0.25, 0.3) is 0 Å². The molecule has 5 rings (SSSR count). The third kappa shape index (κ3) is 7.15. The highest BCUT2D eigenvalue weighted by atomic mass is 16.5. The van der Waals surface area contributed by atoms with Crippen LogP contribution in [0.3, 0.4) is 0 Å². The van der Waals surface area contributed by atoms with Gasteiger partial charge in [0.05, 0.1) is 6.21 Å². The lowest BCUT2D eigenvalue weighted by Gasteiger charge is -2.31. The van der Waals surface area contributed by atoms with Crippen LogP contribution in [0.2, 0.25) is 0 Å². The van der Waals surface area contributed by atoms with Gasteiger partial charge in [-0.25, -0.2) is 0 Å². The van der Waals surface area contributed by atoms with Crippen LogP contribution in [0.4, 0.5) is 17.6 Å². The largest absolute Gasteiger partial charge is 0.490 e. The first-order valence-electron chi connectivity index (χ1n) is 13.8. The van der Waals surface area contributed by atoms with Crippen molar-refractivity contribution in [2.75, 3.05) is 54.6 Å². The van der Waals surface area contributed by atoms with E-state index in [0.29, 0.717) is 19.0 Å². The van der Waals surface area contributed by atoms with Gasteiger partial charge in [-0.2, -0.15) is 15.1 Å². The van der Waals surface area contributed by atoms with Crippen LogP contribution in [-0.4, -0.2) is 55.6 Å². The van der Waals surface area contributed by atoms with Gasteiger partial charge in [-0.3, -0.25) is 5.43 Å². The monoisotopic (exact) mass is 514 g/mol. The number of hydrogen-bond donors (Lipinski definition) is 1. The predicted molar refractivity (Wildman–Crippen MR) is 154 cm³/mol. The van der Waals surface area contributed by atoms with E-state index < -0.39 is 0 Å². The summed E-state index contributed by atoms with van der Waals surface area (Å²) in [5.74, 6) is 4.10. The fourth-order valence-electron chi connectivity index (χ4n) is 4.90. The van der Waals surface area contributed by atoms with Crippen molar-refractivity contribution < 1.29 is 9.47 Å². The number of aryl methyl sites for hydroxylation is 1. The highest BCUT2D eigenvalue weighted by Gasteiger charge is 2.19. The van der Waals surface area contributed by atoms with Gasteiger partial charge in [-0.05, 0) is 75.3 Å². The molecule has 38 heavy (non-hydrogen) atoms. The van der Waals surface area contributed by atoms with E-state index in [0.717, 1.165) is 55.0 Å². The molecule has 0 unspecified atom stereocenters. The lowest BCUT2D eigenvalue weighted by atomic mass is 10.1. The Hall–Kier alpha value is -3.81. The number of nitrogens with one attached hydrogen (secondary N) is 1. The van der Waals surface area contributed by atoms with Crippen LogP contribution in [0.15, 0.2) is 59.7 Å². The average molecular weight is 515 g/mol. The molecule has 8 nitrogen and oxygen atoms in total. The van der Waals surface area contributed by atoms with Gasteiger partial charge < -0.3 is 19.3 Å². The van der Waals surface area contributed by atoms with Gasteiger partial charge in [-0.15, -0.1) is 0 Å². The second-order valence-corrected chi connectivity index (χ2v) is 9.93. The Morgan fingerprint density at radius 3 is 2.34 bits per heavy atom. The van der Waals surface area contributed by atoms with Crippen LogP contribution >= 0.6 is 0 Å². The number of nitrogens with zero attached hydrogens (tertiary/aromatic N) is 5. The summed E-state index contributed by atoms with van der Waals surface area (Å²) in [4.78, 5) is 14.4. The van der Waals surface area contributed by atoms with Gasteiger partial charge in [0.1, 0.15) is 30.5 Å². The van der Waals surface area contributed by atoms with Crippen LogP contribution in [0, 0.1) is 6.92 Å². The molecular weight excluding hydrogens is 476 g/mol. The molecule has 0 radical (unpaired) electrons. The van der Waals surface area contributed by atoms with Crippen molar-refractivity contribution in [3.05, 3.63) is 65.7 Å². The van der Waals surface area contributed by atoms with Gasteiger partial charge in [0.15, 0.2) is 5.82 Å². The van der Waals surface area contributed by atoms with Crippen LogP contribution < -0.4 is 24.7 Å². The zero-order valence-electron chi connectivity index (χ0n) is 22.3. The molecule has 3 aromatic rings. The van der Waals surface area contributed by atoms with E-state index in [1.165, 1.54) is 44.1 Å². The molecule has 2 saturated heterocycles. The van der Waals surface area contributed by atoms with E-state index in [-0.39, 0.29) is 0 Å². The Morgan fingerprint density at radius 2 is 1.55 bits per heavy atom. The normalized spacial score (nSPS) is 16.0. The van der Waals surface area contributed by atoms with E-state index in [2.05, 4.69) is 33.3 Å². The first kappa shape index (κ1) is 25.8. The Kier molecular flexibility index (Phi) is 8.92. The summed E-state index contributed by atoms with van der Waals surface area (Å²) in [7, 11) is 0. The number of rotatable bonds is 10. The lowest BCUT2D eigenvalue weighted by molar-refractivity contribution is 0.217. The van der Waals surface area contributed by atoms with E-state index in [4.69, 9.17) is 19.4 Å². The Bertz CT molecular complexity index is 1170. The van der Waals surface area contributed by atoms with Gasteiger partial charge in [0, 0.05) is 37.8 Å². The lowest BCUT2D eigenvalue weighted by Crippen LogP contribution is -2.33. The first-order valence-corrected chi connectivity index (χ1v) is 13.8. The van der Waals surface area contributed by atoms with Gasteiger partial charge in [0.25, 0.3) is 0 Å². The Morgan fingerprint density at radius 1 is 0.816 bits per heavy atom. The third-order valence-electron chi connectivity index (χ3n) is 6.92. The molecule has 8 heteroatoms. The number of hydrazone groups is 1. The molecule has 1 aromatic heterocycles. The van der Waals surface area contributed by atoms with E-state index in [9.17, 15) is 0 Å². The molecule has 2 aromatic carbocycles. The maximum absolute atomic E-state index is 6.01. The molecule has 2 fully saturated rings. The Balaban J connectivity index is 1.23. The Labute approximate surface area is 225 Å². The van der Waals surface area contributed by atoms with Crippen molar-refractivity contribution in [3.8, 4) is 11.5 Å². The molecule has 2 aliphatic rings. The molecule has 2 aliphatic heterocycles. The average Bonchev–Trinajstić information content (AvgIpc) is 2.97. The maximum atomic E-state index is 6.01. The minimum absolute atomic E-state index is 0.441. The number of aromatic nitrogens is 2. The molecule has 3 heterocycles. The summed E-state index contributed by atoms with van der Waals surface area (Å²) in [5.41, 5.74) is 5.22. The summed E-state index contributed by atoms with van der Waals surface area (Å²) in [6, 6.07) is 17.9. The predicted octanol–water partition coefficient (Wildman–Crippen LogP) is 5.67. The fourth-order valence-corrected chi connectivity index (χ4v) is 4.90. The summed E-state index contributed by atoms with van der Waals surface area (Å²) < 4.78 is 11.8. The van der Waals surface area contributed by atoms with Crippen LogP contribution in [0.1, 0.15) is 49.7 Å². The second kappa shape index (κ2) is 13.1. The number of anilines is 3. The first-order chi connectivity index (χ1) is 18.7. The summed E-state index contributed by atoms with van der Waals surface area (Å²) in [6.45, 7) is 7.05. The van der Waals surface area contributed by atoms with Crippen LogP contribution in [0.5, 0.6) is 11.5 Å². The molecule has 0 spiro atoms. The van der Waals surface area contributed by atoms with Crippen molar-refractivity contribution in [1.82, 2.24) is 9.97 Å². The van der Waals surface area contributed by atoms with Crippen molar-refractivity contribution in [3.63, 3.8) is 0 Å². The van der Waals surface area contributed by atoms with Gasteiger partial charge >= 0.3 is 0 Å². The minimum atomic E-state index is 0.441. The van der Waals surface area contributed by atoms with Crippen molar-refractivity contribution >= 4 is 23.8 Å². The van der Waals surface area contributed by atoms with E-state index in [1.54, 1.807) is 6.21 Å². The van der Waals surface area contributed by atoms with E-state index >= 15 is 0 Å². The molecule has 200 valence electrons. The third-order valence-corrected chi connectivity index (χ3v) is 6.92. The van der Waals surface area contributed by atoms with Crippen molar-refractivity contribution in [2.24, 2.45) is 5.10 Å². The topological polar surface area (TPSA) is 75.1 Å². The maximum Gasteiger partial charge on any atom is 0.229 e. The molecule has 0 saturated carbocycles. The number of hydrogen-bond acceptors (Lipinski definition) is 8. The smallest absolute Gasteiger partial charge is 0.229 e. The minimum Gasteiger partial charge on any atom is -0.490 e. The number of ether oxygens (including phenoxy) is 2. The molecule has 0 atom stereocenters.